The highest BCUT2D eigenvalue weighted by atomic mass is 32.1. The van der Waals surface area contributed by atoms with Crippen LogP contribution in [0.15, 0.2) is 48.5 Å². The average molecular weight is 468 g/mol. The number of anilines is 2. The molecule has 3 N–H and O–H groups in total. The number of aromatic nitrogens is 2. The molecule has 1 heterocycles. The average Bonchev–Trinajstić information content (AvgIpc) is 3.26. The Bertz CT molecular complexity index is 1080. The number of rotatable bonds is 8. The van der Waals surface area contributed by atoms with E-state index in [-0.39, 0.29) is 11.8 Å². The molecule has 1 unspecified atom stereocenters. The largest absolute Gasteiger partial charge is 0.497 e. The third kappa shape index (κ3) is 6.52. The quantitative estimate of drug-likeness (QED) is 0.426. The van der Waals surface area contributed by atoms with Gasteiger partial charge < -0.3 is 15.4 Å². The summed E-state index contributed by atoms with van der Waals surface area (Å²) in [5.41, 5.74) is 2.72. The Kier molecular flexibility index (Phi) is 8.00. The van der Waals surface area contributed by atoms with Gasteiger partial charge in [0, 0.05) is 11.3 Å². The molecule has 3 aromatic rings. The maximum Gasteiger partial charge on any atom is 0.319 e. The topological polar surface area (TPSA) is 105 Å². The monoisotopic (exact) mass is 467 g/mol. The van der Waals surface area contributed by atoms with Crippen molar-refractivity contribution in [2.24, 2.45) is 5.92 Å². The third-order valence-corrected chi connectivity index (χ3v) is 5.95. The van der Waals surface area contributed by atoms with Crippen LogP contribution in [0, 0.1) is 5.92 Å². The fourth-order valence-electron chi connectivity index (χ4n) is 3.10. The van der Waals surface area contributed by atoms with Gasteiger partial charge in [-0.05, 0) is 53.8 Å². The summed E-state index contributed by atoms with van der Waals surface area (Å²) in [7, 11) is 1.61. The summed E-state index contributed by atoms with van der Waals surface area (Å²) < 4.78 is 5.17. The van der Waals surface area contributed by atoms with E-state index in [0.29, 0.717) is 21.7 Å². The summed E-state index contributed by atoms with van der Waals surface area (Å²) >= 11 is 1.26. The van der Waals surface area contributed by atoms with E-state index in [9.17, 15) is 9.59 Å². The van der Waals surface area contributed by atoms with Crippen LogP contribution in [-0.2, 0) is 4.79 Å². The second-order valence-electron chi connectivity index (χ2n) is 8.23. The molecule has 0 bridgehead atoms. The summed E-state index contributed by atoms with van der Waals surface area (Å²) in [5, 5.41) is 17.5. The number of carbonyl (C=O) groups is 2. The van der Waals surface area contributed by atoms with Crippen molar-refractivity contribution in [3.8, 4) is 16.3 Å². The Morgan fingerprint density at radius 1 is 0.909 bits per heavy atom. The van der Waals surface area contributed by atoms with Crippen molar-refractivity contribution in [1.82, 2.24) is 15.5 Å². The highest BCUT2D eigenvalue weighted by molar-refractivity contribution is 7.18. The van der Waals surface area contributed by atoms with Crippen LogP contribution in [0.4, 0.5) is 15.6 Å². The fraction of sp³-hybridized carbons (Fsp3) is 0.333. The lowest BCUT2D eigenvalue weighted by Crippen LogP contribution is -2.48. The first-order chi connectivity index (χ1) is 15.8. The number of carbonyl (C=O) groups excluding carboxylic acids is 2. The third-order valence-electron chi connectivity index (χ3n) is 5.06. The number of hydrogen-bond donors (Lipinski definition) is 3. The van der Waals surface area contributed by atoms with Gasteiger partial charge in [-0.2, -0.15) is 0 Å². The molecule has 9 heteroatoms. The molecule has 8 nitrogen and oxygen atoms in total. The fourth-order valence-corrected chi connectivity index (χ4v) is 3.85. The lowest BCUT2D eigenvalue weighted by molar-refractivity contribution is -0.118. The number of hydrogen-bond acceptors (Lipinski definition) is 6. The minimum atomic E-state index is -0.742. The highest BCUT2D eigenvalue weighted by Crippen LogP contribution is 2.28. The van der Waals surface area contributed by atoms with Crippen molar-refractivity contribution in [3.05, 3.63) is 54.1 Å². The van der Waals surface area contributed by atoms with Gasteiger partial charge in [0.1, 0.15) is 16.8 Å². The molecule has 0 saturated heterocycles. The van der Waals surface area contributed by atoms with Crippen LogP contribution < -0.4 is 20.7 Å². The minimum Gasteiger partial charge on any atom is -0.497 e. The van der Waals surface area contributed by atoms with Gasteiger partial charge in [-0.1, -0.05) is 51.2 Å². The molecule has 0 saturated carbocycles. The molecule has 33 heavy (non-hydrogen) atoms. The molecule has 0 spiro atoms. The van der Waals surface area contributed by atoms with Gasteiger partial charge in [0.25, 0.3) is 0 Å². The van der Waals surface area contributed by atoms with Gasteiger partial charge >= 0.3 is 6.03 Å². The molecular weight excluding hydrogens is 438 g/mol. The second kappa shape index (κ2) is 10.9. The van der Waals surface area contributed by atoms with Crippen molar-refractivity contribution in [3.63, 3.8) is 0 Å². The van der Waals surface area contributed by atoms with E-state index in [1.807, 2.05) is 62.4 Å². The van der Waals surface area contributed by atoms with Crippen molar-refractivity contribution in [2.75, 3.05) is 17.7 Å². The van der Waals surface area contributed by atoms with Gasteiger partial charge in [0.2, 0.25) is 11.0 Å². The molecule has 0 aliphatic carbocycles. The maximum absolute atomic E-state index is 12.9. The van der Waals surface area contributed by atoms with Crippen LogP contribution in [0.5, 0.6) is 5.75 Å². The maximum atomic E-state index is 12.9. The highest BCUT2D eigenvalue weighted by Gasteiger charge is 2.25. The van der Waals surface area contributed by atoms with Gasteiger partial charge in [0.15, 0.2) is 0 Å². The van der Waals surface area contributed by atoms with E-state index >= 15 is 0 Å². The van der Waals surface area contributed by atoms with E-state index in [1.165, 1.54) is 16.9 Å². The van der Waals surface area contributed by atoms with Crippen LogP contribution in [0.25, 0.3) is 10.6 Å². The Balaban J connectivity index is 1.61. The Morgan fingerprint density at radius 2 is 1.58 bits per heavy atom. The number of ether oxygens (including phenoxy) is 1. The molecular formula is C24H29N5O3S. The van der Waals surface area contributed by atoms with Crippen LogP contribution in [-0.4, -0.2) is 35.3 Å². The summed E-state index contributed by atoms with van der Waals surface area (Å²) in [6.45, 7) is 7.95. The zero-order valence-corrected chi connectivity index (χ0v) is 20.2. The second-order valence-corrected chi connectivity index (χ2v) is 9.20. The van der Waals surface area contributed by atoms with Gasteiger partial charge in [-0.25, -0.2) is 4.79 Å². The first-order valence-corrected chi connectivity index (χ1v) is 11.5. The minimum absolute atomic E-state index is 0.131. The van der Waals surface area contributed by atoms with Crippen molar-refractivity contribution >= 4 is 34.1 Å². The van der Waals surface area contributed by atoms with Gasteiger partial charge in [-0.15, -0.1) is 10.2 Å². The lowest BCUT2D eigenvalue weighted by atomic mass is 10.0. The predicted octanol–water partition coefficient (Wildman–Crippen LogP) is 5.12. The Labute approximate surface area is 197 Å². The Hall–Kier alpha value is -3.46. The summed E-state index contributed by atoms with van der Waals surface area (Å²) in [5.74, 6) is 0.671. The number of nitrogens with one attached hydrogen (secondary N) is 3. The number of methoxy groups -OCH3 is 1. The first kappa shape index (κ1) is 24.2. The summed E-state index contributed by atoms with van der Waals surface area (Å²) in [6, 6.07) is 13.9. The number of benzene rings is 2. The molecule has 174 valence electrons. The molecule has 3 amide bonds. The van der Waals surface area contributed by atoms with E-state index in [2.05, 4.69) is 40.0 Å². The predicted molar refractivity (Wildman–Crippen MR) is 132 cm³/mol. The van der Waals surface area contributed by atoms with E-state index in [1.54, 1.807) is 7.11 Å². The standard InChI is InChI=1S/C24H29N5O3S/c1-14(2)16-6-10-18(11-7-16)25-23(31)26-20(15(3)4)21(30)27-24-29-28-22(33-24)17-8-12-19(32-5)13-9-17/h6-15,20H,1-5H3,(H2,25,26,31)(H,27,29,30). The summed E-state index contributed by atoms with van der Waals surface area (Å²) in [6.07, 6.45) is 0. The molecule has 3 rings (SSSR count). The molecule has 0 aliphatic rings. The van der Waals surface area contributed by atoms with Gasteiger partial charge in [0.05, 0.1) is 7.11 Å². The number of urea groups is 1. The first-order valence-electron chi connectivity index (χ1n) is 10.7. The van der Waals surface area contributed by atoms with Crippen molar-refractivity contribution in [1.29, 1.82) is 0 Å². The van der Waals surface area contributed by atoms with Crippen molar-refractivity contribution < 1.29 is 14.3 Å². The molecule has 0 fully saturated rings. The lowest BCUT2D eigenvalue weighted by Gasteiger charge is -2.21. The molecule has 0 aliphatic heterocycles. The van der Waals surface area contributed by atoms with E-state index < -0.39 is 12.1 Å². The van der Waals surface area contributed by atoms with E-state index in [0.717, 1.165) is 11.3 Å². The van der Waals surface area contributed by atoms with Gasteiger partial charge in [-0.3, -0.25) is 10.1 Å². The van der Waals surface area contributed by atoms with Crippen LogP contribution >= 0.6 is 11.3 Å². The summed E-state index contributed by atoms with van der Waals surface area (Å²) in [4.78, 5) is 25.4. The Morgan fingerprint density at radius 3 is 2.15 bits per heavy atom. The molecule has 1 aromatic heterocycles. The molecule has 2 aromatic carbocycles. The molecule has 0 radical (unpaired) electrons. The van der Waals surface area contributed by atoms with Crippen LogP contribution in [0.2, 0.25) is 0 Å². The van der Waals surface area contributed by atoms with Crippen LogP contribution in [0.3, 0.4) is 0 Å². The SMILES string of the molecule is COc1ccc(-c2nnc(NC(=O)C(NC(=O)Nc3ccc(C(C)C)cc3)C(C)C)s2)cc1. The number of nitrogens with zero attached hydrogens (tertiary/aromatic N) is 2. The van der Waals surface area contributed by atoms with Crippen LogP contribution in [0.1, 0.15) is 39.2 Å². The normalized spacial score (nSPS) is 11.8. The zero-order chi connectivity index (χ0) is 24.0. The number of amides is 3. The zero-order valence-electron chi connectivity index (χ0n) is 19.4. The smallest absolute Gasteiger partial charge is 0.319 e. The van der Waals surface area contributed by atoms with E-state index in [4.69, 9.17) is 4.74 Å². The molecule has 1 atom stereocenters. The van der Waals surface area contributed by atoms with Crippen molar-refractivity contribution in [2.45, 2.75) is 39.7 Å².